The SMILES string of the molecule is CC.CC.CC.CCc1ccc(OC)c(SNc2noc3cc(Cn4cc(CNC(=O)C#CCO)cn4)cc(OC)c23)c1. The van der Waals surface area contributed by atoms with Crippen molar-refractivity contribution in [1.29, 1.82) is 0 Å². The van der Waals surface area contributed by atoms with E-state index in [0.29, 0.717) is 23.7 Å². The molecule has 11 heteroatoms. The molecule has 0 fully saturated rings. The minimum atomic E-state index is -0.457. The van der Waals surface area contributed by atoms with E-state index in [1.54, 1.807) is 25.1 Å². The molecule has 0 radical (unpaired) electrons. The molecule has 0 bridgehead atoms. The van der Waals surface area contributed by atoms with Gasteiger partial charge in [0.15, 0.2) is 11.4 Å². The predicted molar refractivity (Wildman–Crippen MR) is 174 cm³/mol. The maximum atomic E-state index is 11.6. The molecule has 0 aliphatic carbocycles. The van der Waals surface area contributed by atoms with Gasteiger partial charge in [-0.25, -0.2) is 0 Å². The number of carbonyl (C=O) groups excluding carboxylic acids is 1. The molecule has 2 heterocycles. The van der Waals surface area contributed by atoms with E-state index in [2.05, 4.69) is 45.1 Å². The van der Waals surface area contributed by atoms with Gasteiger partial charge >= 0.3 is 0 Å². The Labute approximate surface area is 259 Å². The Balaban J connectivity index is 0.00000145. The number of aliphatic hydroxyl groups excluding tert-OH is 1. The lowest BCUT2D eigenvalue weighted by Gasteiger charge is -2.11. The molecule has 4 rings (SSSR count). The lowest BCUT2D eigenvalue weighted by molar-refractivity contribution is -0.115. The summed E-state index contributed by atoms with van der Waals surface area (Å²) >= 11 is 1.40. The van der Waals surface area contributed by atoms with E-state index < -0.39 is 5.91 Å². The third-order valence-electron chi connectivity index (χ3n) is 5.48. The number of rotatable bonds is 10. The number of anilines is 1. The standard InChI is InChI=1S/C26H27N5O5S.3C2H6/c1-4-17-7-8-20(34-2)23(12-17)37-30-26-25-21(35-3)10-18(11-22(25)36-29-26)15-31-16-19(14-28-31)13-27-24(33)6-5-9-32;3*1-2/h7-8,10-12,14,16,32H,4,9,13,15H2,1-3H3,(H,27,33)(H,29,30);3*1-2H3. The molecule has 0 saturated heterocycles. The molecule has 0 saturated carbocycles. The molecule has 0 aliphatic heterocycles. The highest BCUT2D eigenvalue weighted by Crippen LogP contribution is 2.37. The van der Waals surface area contributed by atoms with Crippen molar-refractivity contribution >= 4 is 34.6 Å². The number of nitrogens with one attached hydrogen (secondary N) is 2. The first-order valence-corrected chi connectivity index (χ1v) is 15.3. The zero-order chi connectivity index (χ0) is 32.2. The third kappa shape index (κ3) is 10.9. The Bertz CT molecular complexity index is 1460. The fraction of sp³-hybridized carbons (Fsp3) is 0.406. The van der Waals surface area contributed by atoms with Crippen molar-refractivity contribution in [2.24, 2.45) is 0 Å². The number of aryl methyl sites for hydroxylation is 1. The first kappa shape index (κ1) is 36.9. The van der Waals surface area contributed by atoms with Gasteiger partial charge in [0.25, 0.3) is 5.91 Å². The summed E-state index contributed by atoms with van der Waals surface area (Å²) in [5.74, 6) is 6.08. The van der Waals surface area contributed by atoms with Gasteiger partial charge in [-0.2, -0.15) is 5.10 Å². The molecule has 0 spiro atoms. The van der Waals surface area contributed by atoms with E-state index in [4.69, 9.17) is 19.1 Å². The number of hydrogen-bond donors (Lipinski definition) is 3. The molecule has 1 amide bonds. The Morgan fingerprint density at radius 1 is 1.02 bits per heavy atom. The number of nitrogens with zero attached hydrogens (tertiary/aromatic N) is 3. The Morgan fingerprint density at radius 2 is 1.74 bits per heavy atom. The Morgan fingerprint density at radius 3 is 2.40 bits per heavy atom. The van der Waals surface area contributed by atoms with Gasteiger partial charge in [0, 0.05) is 18.3 Å². The van der Waals surface area contributed by atoms with Crippen LogP contribution in [0.5, 0.6) is 11.5 Å². The first-order chi connectivity index (χ1) is 21.0. The Hall–Kier alpha value is -4.14. The van der Waals surface area contributed by atoms with Gasteiger partial charge < -0.3 is 29.1 Å². The molecule has 4 aromatic rings. The summed E-state index contributed by atoms with van der Waals surface area (Å²) in [6.07, 6.45) is 4.43. The van der Waals surface area contributed by atoms with Gasteiger partial charge in [-0.15, -0.1) is 0 Å². The van der Waals surface area contributed by atoms with Crippen molar-refractivity contribution in [2.75, 3.05) is 25.5 Å². The van der Waals surface area contributed by atoms with Crippen LogP contribution in [0.25, 0.3) is 11.0 Å². The summed E-state index contributed by atoms with van der Waals surface area (Å²) in [6.45, 7) is 14.5. The molecule has 0 atom stereocenters. The first-order valence-electron chi connectivity index (χ1n) is 14.5. The topological polar surface area (TPSA) is 124 Å². The average molecular weight is 612 g/mol. The van der Waals surface area contributed by atoms with Crippen LogP contribution in [0.2, 0.25) is 0 Å². The number of fused-ring (bicyclic) bond motifs is 1. The highest BCUT2D eigenvalue weighted by Gasteiger charge is 2.17. The number of methoxy groups -OCH3 is 2. The third-order valence-corrected chi connectivity index (χ3v) is 6.31. The van der Waals surface area contributed by atoms with Crippen molar-refractivity contribution in [3.63, 3.8) is 0 Å². The van der Waals surface area contributed by atoms with Gasteiger partial charge in [-0.05, 0) is 59.7 Å². The lowest BCUT2D eigenvalue weighted by Crippen LogP contribution is -2.20. The minimum absolute atomic E-state index is 0.280. The lowest BCUT2D eigenvalue weighted by atomic mass is 10.1. The number of hydrogen-bond acceptors (Lipinski definition) is 9. The summed E-state index contributed by atoms with van der Waals surface area (Å²) in [5, 5.41) is 20.6. The van der Waals surface area contributed by atoms with Gasteiger partial charge in [-0.1, -0.05) is 65.6 Å². The normalized spacial score (nSPS) is 9.53. The van der Waals surface area contributed by atoms with E-state index in [1.807, 2.05) is 72.0 Å². The largest absolute Gasteiger partial charge is 0.496 e. The van der Waals surface area contributed by atoms with Crippen LogP contribution in [0.4, 0.5) is 5.82 Å². The van der Waals surface area contributed by atoms with Crippen LogP contribution in [0.3, 0.4) is 0 Å². The quantitative estimate of drug-likeness (QED) is 0.137. The molecule has 3 N–H and O–H groups in total. The van der Waals surface area contributed by atoms with Gasteiger partial charge in [-0.3, -0.25) is 9.48 Å². The smallest absolute Gasteiger partial charge is 0.296 e. The molecule has 2 aromatic carbocycles. The number of carbonyl (C=O) groups is 1. The molecule has 0 unspecified atom stereocenters. The Kier molecular flexibility index (Phi) is 17.7. The monoisotopic (exact) mass is 611 g/mol. The molecule has 234 valence electrons. The van der Waals surface area contributed by atoms with Gasteiger partial charge in [0.05, 0.1) is 31.9 Å². The van der Waals surface area contributed by atoms with Crippen LogP contribution in [0.15, 0.2) is 52.1 Å². The zero-order valence-electron chi connectivity index (χ0n) is 26.7. The second-order valence-corrected chi connectivity index (χ2v) is 8.78. The second-order valence-electron chi connectivity index (χ2n) is 7.93. The zero-order valence-corrected chi connectivity index (χ0v) is 27.5. The van der Waals surface area contributed by atoms with Crippen molar-refractivity contribution in [1.82, 2.24) is 20.3 Å². The molecule has 43 heavy (non-hydrogen) atoms. The summed E-state index contributed by atoms with van der Waals surface area (Å²) in [5.41, 5.74) is 3.51. The number of amides is 1. The molecule has 2 aromatic heterocycles. The number of ether oxygens (including phenoxy) is 2. The average Bonchev–Trinajstić information content (AvgIpc) is 3.70. The second kappa shape index (κ2) is 20.7. The van der Waals surface area contributed by atoms with Crippen molar-refractivity contribution < 1.29 is 23.9 Å². The number of aromatic nitrogens is 3. The number of aliphatic hydroxyl groups is 1. The number of benzene rings is 2. The van der Waals surface area contributed by atoms with E-state index >= 15 is 0 Å². The van der Waals surface area contributed by atoms with Gasteiger partial charge in [0.1, 0.15) is 23.5 Å². The fourth-order valence-electron chi connectivity index (χ4n) is 3.65. The highest BCUT2D eigenvalue weighted by molar-refractivity contribution is 8.00. The van der Waals surface area contributed by atoms with Crippen LogP contribution >= 0.6 is 11.9 Å². The van der Waals surface area contributed by atoms with E-state index in [-0.39, 0.29) is 13.2 Å². The van der Waals surface area contributed by atoms with E-state index in [0.717, 1.165) is 33.6 Å². The summed E-state index contributed by atoms with van der Waals surface area (Å²) in [7, 11) is 3.25. The predicted octanol–water partition coefficient (Wildman–Crippen LogP) is 6.46. The van der Waals surface area contributed by atoms with Crippen molar-refractivity contribution in [2.45, 2.75) is 72.9 Å². The van der Waals surface area contributed by atoms with Gasteiger partial charge in [0.2, 0.25) is 0 Å². The van der Waals surface area contributed by atoms with Crippen LogP contribution in [-0.4, -0.2) is 46.8 Å². The van der Waals surface area contributed by atoms with Crippen LogP contribution in [0, 0.1) is 11.8 Å². The molecular weight excluding hydrogens is 566 g/mol. The van der Waals surface area contributed by atoms with Crippen molar-refractivity contribution in [3.05, 3.63) is 59.4 Å². The van der Waals surface area contributed by atoms with Crippen molar-refractivity contribution in [3.8, 4) is 23.3 Å². The molecular formula is C32H45N5O5S. The fourth-order valence-corrected chi connectivity index (χ4v) is 4.46. The molecule has 0 aliphatic rings. The van der Waals surface area contributed by atoms with E-state index in [1.165, 1.54) is 17.5 Å². The van der Waals surface area contributed by atoms with Crippen LogP contribution in [-0.2, 0) is 24.3 Å². The summed E-state index contributed by atoms with van der Waals surface area (Å²) in [6, 6.07) is 9.90. The minimum Gasteiger partial charge on any atom is -0.496 e. The highest BCUT2D eigenvalue weighted by atomic mass is 32.2. The summed E-state index contributed by atoms with van der Waals surface area (Å²) < 4.78 is 21.8. The summed E-state index contributed by atoms with van der Waals surface area (Å²) in [4.78, 5) is 12.5. The van der Waals surface area contributed by atoms with Crippen LogP contribution in [0.1, 0.15) is 65.2 Å². The van der Waals surface area contributed by atoms with E-state index in [9.17, 15) is 4.79 Å². The van der Waals surface area contributed by atoms with Crippen LogP contribution < -0.4 is 19.5 Å². The molecule has 10 nitrogen and oxygen atoms in total. The maximum absolute atomic E-state index is 11.6. The maximum Gasteiger partial charge on any atom is 0.296 e.